The Hall–Kier alpha value is -0.160. The molecule has 0 spiro atoms. The van der Waals surface area contributed by atoms with Crippen molar-refractivity contribution >= 4 is 0 Å². The summed E-state index contributed by atoms with van der Waals surface area (Å²) in [5, 5.41) is 6.74. The summed E-state index contributed by atoms with van der Waals surface area (Å²) in [5.74, 6) is 0. The molecule has 4 nitrogen and oxygen atoms in total. The molecule has 0 saturated carbocycles. The van der Waals surface area contributed by atoms with Crippen molar-refractivity contribution in [2.75, 3.05) is 39.4 Å². The predicted molar refractivity (Wildman–Crippen MR) is 59.1 cm³/mol. The maximum absolute atomic E-state index is 5.82. The van der Waals surface area contributed by atoms with Gasteiger partial charge in [0.05, 0.1) is 24.9 Å². The van der Waals surface area contributed by atoms with Gasteiger partial charge in [-0.15, -0.1) is 0 Å². The second kappa shape index (κ2) is 5.25. The summed E-state index contributed by atoms with van der Waals surface area (Å²) in [5.41, 5.74) is 0.0130. The quantitative estimate of drug-likeness (QED) is 0.701. The van der Waals surface area contributed by atoms with E-state index in [2.05, 4.69) is 17.6 Å². The molecule has 0 radical (unpaired) electrons. The second-order valence-electron chi connectivity index (χ2n) is 4.71. The Morgan fingerprint density at radius 2 is 2.13 bits per heavy atom. The highest BCUT2D eigenvalue weighted by atomic mass is 16.5. The molecule has 0 aliphatic carbocycles. The van der Waals surface area contributed by atoms with Gasteiger partial charge < -0.3 is 20.1 Å². The van der Waals surface area contributed by atoms with E-state index < -0.39 is 0 Å². The van der Waals surface area contributed by atoms with Crippen molar-refractivity contribution in [1.29, 1.82) is 0 Å². The van der Waals surface area contributed by atoms with E-state index in [0.29, 0.717) is 6.10 Å². The Morgan fingerprint density at radius 1 is 1.27 bits per heavy atom. The lowest BCUT2D eigenvalue weighted by Gasteiger charge is -2.36. The van der Waals surface area contributed by atoms with Crippen LogP contribution in [-0.4, -0.2) is 51.1 Å². The van der Waals surface area contributed by atoms with Gasteiger partial charge in [-0.05, 0) is 19.8 Å². The van der Waals surface area contributed by atoms with Gasteiger partial charge in [0, 0.05) is 26.2 Å². The van der Waals surface area contributed by atoms with Gasteiger partial charge in [0.2, 0.25) is 0 Å². The van der Waals surface area contributed by atoms with Gasteiger partial charge in [-0.1, -0.05) is 0 Å². The number of ether oxygens (including phenoxy) is 2. The van der Waals surface area contributed by atoms with Crippen LogP contribution in [0.5, 0.6) is 0 Å². The SMILES string of the molecule is CC1(CCC2CNCCO2)CNCCO1. The largest absolute Gasteiger partial charge is 0.376 e. The van der Waals surface area contributed by atoms with E-state index in [1.54, 1.807) is 0 Å². The van der Waals surface area contributed by atoms with Crippen molar-refractivity contribution in [1.82, 2.24) is 10.6 Å². The number of hydrogen-bond donors (Lipinski definition) is 2. The molecule has 88 valence electrons. The first kappa shape index (κ1) is 11.3. The van der Waals surface area contributed by atoms with E-state index in [1.165, 1.54) is 0 Å². The van der Waals surface area contributed by atoms with Gasteiger partial charge >= 0.3 is 0 Å². The van der Waals surface area contributed by atoms with E-state index in [4.69, 9.17) is 9.47 Å². The minimum Gasteiger partial charge on any atom is -0.376 e. The third-order valence-corrected chi connectivity index (χ3v) is 3.23. The standard InChI is InChI=1S/C11H22N2O2/c1-11(9-13-5-7-15-11)3-2-10-8-12-4-6-14-10/h10,12-13H,2-9H2,1H3. The van der Waals surface area contributed by atoms with Gasteiger partial charge in [-0.25, -0.2) is 0 Å². The third-order valence-electron chi connectivity index (χ3n) is 3.23. The van der Waals surface area contributed by atoms with Gasteiger partial charge in [0.15, 0.2) is 0 Å². The zero-order chi connectivity index (χ0) is 10.6. The van der Waals surface area contributed by atoms with Crippen LogP contribution < -0.4 is 10.6 Å². The van der Waals surface area contributed by atoms with E-state index in [-0.39, 0.29) is 5.60 Å². The number of nitrogens with one attached hydrogen (secondary N) is 2. The molecule has 2 rings (SSSR count). The molecule has 2 unspecified atom stereocenters. The summed E-state index contributed by atoms with van der Waals surface area (Å²) in [4.78, 5) is 0. The van der Waals surface area contributed by atoms with Crippen LogP contribution in [0.4, 0.5) is 0 Å². The molecule has 0 bridgehead atoms. The third kappa shape index (κ3) is 3.41. The van der Waals surface area contributed by atoms with E-state index in [9.17, 15) is 0 Å². The Balaban J connectivity index is 1.70. The molecule has 2 saturated heterocycles. The first-order valence-corrected chi connectivity index (χ1v) is 5.95. The predicted octanol–water partition coefficient (Wildman–Crippen LogP) is 0.134. The molecule has 2 fully saturated rings. The molecular weight excluding hydrogens is 192 g/mol. The highest BCUT2D eigenvalue weighted by molar-refractivity contribution is 4.83. The molecule has 0 aromatic heterocycles. The fourth-order valence-corrected chi connectivity index (χ4v) is 2.21. The van der Waals surface area contributed by atoms with Crippen LogP contribution in [0.15, 0.2) is 0 Å². The van der Waals surface area contributed by atoms with Crippen LogP contribution >= 0.6 is 0 Å². The van der Waals surface area contributed by atoms with E-state index >= 15 is 0 Å². The van der Waals surface area contributed by atoms with E-state index in [1.807, 2.05) is 0 Å². The average molecular weight is 214 g/mol. The molecule has 2 aliphatic heterocycles. The van der Waals surface area contributed by atoms with Crippen molar-refractivity contribution in [3.05, 3.63) is 0 Å². The maximum atomic E-state index is 5.82. The van der Waals surface area contributed by atoms with Gasteiger partial charge in [-0.3, -0.25) is 0 Å². The normalized spacial score (nSPS) is 37.8. The Bertz CT molecular complexity index is 187. The zero-order valence-electron chi connectivity index (χ0n) is 9.55. The molecular formula is C11H22N2O2. The highest BCUT2D eigenvalue weighted by Gasteiger charge is 2.28. The van der Waals surface area contributed by atoms with Crippen LogP contribution in [0.3, 0.4) is 0 Å². The van der Waals surface area contributed by atoms with Crippen LogP contribution in [0, 0.1) is 0 Å². The van der Waals surface area contributed by atoms with Gasteiger partial charge in [0.1, 0.15) is 0 Å². The lowest BCUT2D eigenvalue weighted by atomic mass is 9.96. The van der Waals surface area contributed by atoms with Crippen molar-refractivity contribution in [3.63, 3.8) is 0 Å². The Morgan fingerprint density at radius 3 is 2.80 bits per heavy atom. The van der Waals surface area contributed by atoms with Crippen LogP contribution in [0.2, 0.25) is 0 Å². The molecule has 0 aromatic rings. The Labute approximate surface area is 91.7 Å². The number of morpholine rings is 2. The monoisotopic (exact) mass is 214 g/mol. The van der Waals surface area contributed by atoms with Gasteiger partial charge in [0.25, 0.3) is 0 Å². The molecule has 2 atom stereocenters. The van der Waals surface area contributed by atoms with Crippen LogP contribution in [0.1, 0.15) is 19.8 Å². The summed E-state index contributed by atoms with van der Waals surface area (Å²) in [6, 6.07) is 0. The lowest BCUT2D eigenvalue weighted by Crippen LogP contribution is -2.48. The lowest BCUT2D eigenvalue weighted by molar-refractivity contribution is -0.0704. The van der Waals surface area contributed by atoms with Crippen molar-refractivity contribution in [2.24, 2.45) is 0 Å². The van der Waals surface area contributed by atoms with Crippen molar-refractivity contribution < 1.29 is 9.47 Å². The number of rotatable bonds is 3. The van der Waals surface area contributed by atoms with Crippen LogP contribution in [-0.2, 0) is 9.47 Å². The molecule has 0 amide bonds. The summed E-state index contributed by atoms with van der Waals surface area (Å²) in [7, 11) is 0. The van der Waals surface area contributed by atoms with Crippen molar-refractivity contribution in [2.45, 2.75) is 31.5 Å². The van der Waals surface area contributed by atoms with Gasteiger partial charge in [-0.2, -0.15) is 0 Å². The highest BCUT2D eigenvalue weighted by Crippen LogP contribution is 2.21. The molecule has 4 heteroatoms. The summed E-state index contributed by atoms with van der Waals surface area (Å²) < 4.78 is 11.5. The van der Waals surface area contributed by atoms with Crippen LogP contribution in [0.25, 0.3) is 0 Å². The summed E-state index contributed by atoms with van der Waals surface area (Å²) in [6.45, 7) is 7.80. The minimum atomic E-state index is 0.0130. The fraction of sp³-hybridized carbons (Fsp3) is 1.00. The molecule has 0 aromatic carbocycles. The Kier molecular flexibility index (Phi) is 3.97. The zero-order valence-corrected chi connectivity index (χ0v) is 9.55. The summed E-state index contributed by atoms with van der Waals surface area (Å²) in [6.07, 6.45) is 2.54. The smallest absolute Gasteiger partial charge is 0.0779 e. The first-order valence-electron chi connectivity index (χ1n) is 5.95. The molecule has 2 heterocycles. The second-order valence-corrected chi connectivity index (χ2v) is 4.71. The first-order chi connectivity index (χ1) is 7.29. The number of hydrogen-bond acceptors (Lipinski definition) is 4. The molecule has 15 heavy (non-hydrogen) atoms. The average Bonchev–Trinajstić information content (AvgIpc) is 2.29. The topological polar surface area (TPSA) is 42.5 Å². The summed E-state index contributed by atoms with van der Waals surface area (Å²) >= 11 is 0. The molecule has 2 aliphatic rings. The van der Waals surface area contributed by atoms with E-state index in [0.717, 1.165) is 52.2 Å². The minimum absolute atomic E-state index is 0.0130. The maximum Gasteiger partial charge on any atom is 0.0779 e. The molecule has 2 N–H and O–H groups in total. The van der Waals surface area contributed by atoms with Crippen molar-refractivity contribution in [3.8, 4) is 0 Å². The fourth-order valence-electron chi connectivity index (χ4n) is 2.21.